The zero-order valence-corrected chi connectivity index (χ0v) is 16.3. The number of piperazine rings is 1. The Morgan fingerprint density at radius 3 is 2.33 bits per heavy atom. The zero-order chi connectivity index (χ0) is 20.8. The van der Waals surface area contributed by atoms with E-state index in [1.54, 1.807) is 65.8 Å². The van der Waals surface area contributed by atoms with Gasteiger partial charge >= 0.3 is 0 Å². The Kier molecular flexibility index (Phi) is 5.84. The molecule has 3 heterocycles. The van der Waals surface area contributed by atoms with Crippen molar-refractivity contribution in [3.05, 3.63) is 84.2 Å². The van der Waals surface area contributed by atoms with E-state index in [1.165, 1.54) is 6.26 Å². The number of furan rings is 1. The average Bonchev–Trinajstić information content (AvgIpc) is 3.32. The summed E-state index contributed by atoms with van der Waals surface area (Å²) in [6.07, 6.45) is 6.47. The van der Waals surface area contributed by atoms with Gasteiger partial charge in [-0.1, -0.05) is 18.2 Å². The van der Waals surface area contributed by atoms with Crippen molar-refractivity contribution in [3.63, 3.8) is 0 Å². The third kappa shape index (κ3) is 4.54. The maximum absolute atomic E-state index is 13.2. The molecule has 2 amide bonds. The minimum absolute atomic E-state index is 0.170. The Hall–Kier alpha value is -3.94. The van der Waals surface area contributed by atoms with E-state index in [2.05, 4.69) is 15.3 Å². The Labute approximate surface area is 173 Å². The number of nitrogens with one attached hydrogen (secondary N) is 1. The molecule has 0 aliphatic carbocycles. The molecule has 152 valence electrons. The highest BCUT2D eigenvalue weighted by Gasteiger charge is 2.26. The second kappa shape index (κ2) is 9.04. The summed E-state index contributed by atoms with van der Waals surface area (Å²) >= 11 is 0. The van der Waals surface area contributed by atoms with Crippen LogP contribution in [0.2, 0.25) is 0 Å². The van der Waals surface area contributed by atoms with E-state index in [1.807, 2.05) is 11.0 Å². The molecule has 0 spiro atoms. The van der Waals surface area contributed by atoms with E-state index in [0.29, 0.717) is 43.5 Å². The molecule has 1 N–H and O–H groups in total. The summed E-state index contributed by atoms with van der Waals surface area (Å²) in [6, 6.07) is 14.0. The number of hydrogen-bond acceptors (Lipinski definition) is 6. The average molecular weight is 403 g/mol. The first-order valence-electron chi connectivity index (χ1n) is 9.63. The first kappa shape index (κ1) is 19.4. The van der Waals surface area contributed by atoms with Gasteiger partial charge in [0.1, 0.15) is 11.5 Å². The third-order valence-electron chi connectivity index (χ3n) is 4.75. The monoisotopic (exact) mass is 403 g/mol. The van der Waals surface area contributed by atoms with Crippen LogP contribution < -0.4 is 10.2 Å². The largest absolute Gasteiger partial charge is 0.465 e. The Morgan fingerprint density at radius 2 is 1.67 bits per heavy atom. The summed E-state index contributed by atoms with van der Waals surface area (Å²) in [5.74, 6) is 0.527. The molecule has 0 unspecified atom stereocenters. The van der Waals surface area contributed by atoms with Crippen molar-refractivity contribution in [2.24, 2.45) is 0 Å². The second-order valence-corrected chi connectivity index (χ2v) is 6.72. The fourth-order valence-corrected chi connectivity index (χ4v) is 3.19. The number of rotatable bonds is 5. The molecular formula is C22H21N5O3. The highest BCUT2D eigenvalue weighted by molar-refractivity contribution is 6.05. The second-order valence-electron chi connectivity index (χ2n) is 6.72. The normalized spacial score (nSPS) is 14.5. The summed E-state index contributed by atoms with van der Waals surface area (Å²) < 4.78 is 5.34. The van der Waals surface area contributed by atoms with Gasteiger partial charge in [-0.15, -0.1) is 0 Å². The van der Waals surface area contributed by atoms with Crippen molar-refractivity contribution in [2.75, 3.05) is 31.1 Å². The highest BCUT2D eigenvalue weighted by atomic mass is 16.3. The van der Waals surface area contributed by atoms with E-state index < -0.39 is 0 Å². The Morgan fingerprint density at radius 1 is 0.933 bits per heavy atom. The van der Waals surface area contributed by atoms with Crippen LogP contribution in [0.3, 0.4) is 0 Å². The SMILES string of the molecule is O=C(NC(=Cc1ccco1)C(=O)N1CCN(c2ncccn2)CC1)c1ccccc1. The van der Waals surface area contributed by atoms with E-state index in [0.717, 1.165) is 0 Å². The molecule has 1 aromatic carbocycles. The minimum atomic E-state index is -0.349. The van der Waals surface area contributed by atoms with E-state index in [4.69, 9.17) is 4.42 Å². The predicted octanol–water partition coefficient (Wildman–Crippen LogP) is 2.19. The number of carbonyl (C=O) groups is 2. The van der Waals surface area contributed by atoms with Gasteiger partial charge in [-0.05, 0) is 30.3 Å². The van der Waals surface area contributed by atoms with Crippen LogP contribution in [0.5, 0.6) is 0 Å². The zero-order valence-electron chi connectivity index (χ0n) is 16.3. The van der Waals surface area contributed by atoms with Crippen LogP contribution >= 0.6 is 0 Å². The van der Waals surface area contributed by atoms with Crippen LogP contribution in [-0.2, 0) is 4.79 Å². The topological polar surface area (TPSA) is 91.6 Å². The summed E-state index contributed by atoms with van der Waals surface area (Å²) in [4.78, 5) is 38.1. The van der Waals surface area contributed by atoms with Crippen molar-refractivity contribution in [1.29, 1.82) is 0 Å². The van der Waals surface area contributed by atoms with Crippen molar-refractivity contribution in [1.82, 2.24) is 20.2 Å². The van der Waals surface area contributed by atoms with Gasteiger partial charge in [0.15, 0.2) is 0 Å². The summed E-state index contributed by atoms with van der Waals surface area (Å²) in [5, 5.41) is 2.74. The molecule has 8 heteroatoms. The first-order valence-corrected chi connectivity index (χ1v) is 9.63. The number of hydrogen-bond donors (Lipinski definition) is 1. The number of aromatic nitrogens is 2. The molecule has 8 nitrogen and oxygen atoms in total. The predicted molar refractivity (Wildman–Crippen MR) is 111 cm³/mol. The maximum atomic E-state index is 13.2. The lowest BCUT2D eigenvalue weighted by atomic mass is 10.2. The van der Waals surface area contributed by atoms with Crippen molar-refractivity contribution < 1.29 is 14.0 Å². The maximum Gasteiger partial charge on any atom is 0.270 e. The van der Waals surface area contributed by atoms with Crippen LogP contribution in [0, 0.1) is 0 Å². The lowest BCUT2D eigenvalue weighted by Crippen LogP contribution is -2.51. The molecule has 4 rings (SSSR count). The minimum Gasteiger partial charge on any atom is -0.465 e. The smallest absolute Gasteiger partial charge is 0.270 e. The standard InChI is InChI=1S/C22H21N5O3/c28-20(17-6-2-1-3-7-17)25-19(16-18-8-4-15-30-18)21(29)26-11-13-27(14-12-26)22-23-9-5-10-24-22/h1-10,15-16H,11-14H2,(H,25,28). The molecular weight excluding hydrogens is 382 g/mol. The highest BCUT2D eigenvalue weighted by Crippen LogP contribution is 2.14. The molecule has 1 aliphatic rings. The number of amides is 2. The van der Waals surface area contributed by atoms with Gasteiger partial charge in [0.05, 0.1) is 6.26 Å². The van der Waals surface area contributed by atoms with Crippen molar-refractivity contribution >= 4 is 23.8 Å². The third-order valence-corrected chi connectivity index (χ3v) is 4.75. The molecule has 0 bridgehead atoms. The molecule has 1 aliphatic heterocycles. The summed E-state index contributed by atoms with van der Waals surface area (Å²) in [7, 11) is 0. The number of nitrogens with zero attached hydrogens (tertiary/aromatic N) is 4. The molecule has 0 saturated carbocycles. The molecule has 2 aromatic heterocycles. The fraction of sp³-hybridized carbons (Fsp3) is 0.182. The number of anilines is 1. The van der Waals surface area contributed by atoms with E-state index in [9.17, 15) is 9.59 Å². The fourth-order valence-electron chi connectivity index (χ4n) is 3.19. The van der Waals surface area contributed by atoms with Gasteiger partial charge in [0.2, 0.25) is 5.95 Å². The van der Waals surface area contributed by atoms with Crippen molar-refractivity contribution in [3.8, 4) is 0 Å². The van der Waals surface area contributed by atoms with E-state index >= 15 is 0 Å². The van der Waals surface area contributed by atoms with Crippen LogP contribution in [-0.4, -0.2) is 52.9 Å². The molecule has 3 aromatic rings. The van der Waals surface area contributed by atoms with Crippen LogP contribution in [0.1, 0.15) is 16.1 Å². The first-order chi connectivity index (χ1) is 14.7. The number of carbonyl (C=O) groups excluding carboxylic acids is 2. The summed E-state index contributed by atoms with van der Waals surface area (Å²) in [6.45, 7) is 2.20. The Balaban J connectivity index is 1.48. The quantitative estimate of drug-likeness (QED) is 0.657. The van der Waals surface area contributed by atoms with Crippen molar-refractivity contribution in [2.45, 2.75) is 0 Å². The van der Waals surface area contributed by atoms with Gasteiger partial charge < -0.3 is 19.5 Å². The molecule has 0 radical (unpaired) electrons. The van der Waals surface area contributed by atoms with Gasteiger partial charge in [-0.3, -0.25) is 9.59 Å². The van der Waals surface area contributed by atoms with Gasteiger partial charge in [0, 0.05) is 50.2 Å². The molecule has 1 fully saturated rings. The molecule has 1 saturated heterocycles. The van der Waals surface area contributed by atoms with Gasteiger partial charge in [-0.25, -0.2) is 9.97 Å². The van der Waals surface area contributed by atoms with Crippen LogP contribution in [0.25, 0.3) is 6.08 Å². The summed E-state index contributed by atoms with van der Waals surface area (Å²) in [5.41, 5.74) is 0.643. The number of benzene rings is 1. The lowest BCUT2D eigenvalue weighted by Gasteiger charge is -2.35. The lowest BCUT2D eigenvalue weighted by molar-refractivity contribution is -0.127. The van der Waals surface area contributed by atoms with Gasteiger partial charge in [0.25, 0.3) is 11.8 Å². The molecule has 0 atom stereocenters. The Bertz CT molecular complexity index is 1010. The van der Waals surface area contributed by atoms with Crippen LogP contribution in [0.4, 0.5) is 5.95 Å². The molecule has 30 heavy (non-hydrogen) atoms. The van der Waals surface area contributed by atoms with Gasteiger partial charge in [-0.2, -0.15) is 0 Å². The van der Waals surface area contributed by atoms with E-state index in [-0.39, 0.29) is 17.5 Å². The van der Waals surface area contributed by atoms with Crippen LogP contribution in [0.15, 0.2) is 77.3 Å².